The zero-order valence-electron chi connectivity index (χ0n) is 16.2. The van der Waals surface area contributed by atoms with Gasteiger partial charge >= 0.3 is 15.5 Å². The Labute approximate surface area is 176 Å². The predicted molar refractivity (Wildman–Crippen MR) is 107 cm³/mol. The molecular weight excluding hydrogens is 433 g/mol. The van der Waals surface area contributed by atoms with Gasteiger partial charge in [-0.25, -0.2) is 8.42 Å². The van der Waals surface area contributed by atoms with Crippen molar-refractivity contribution in [3.63, 3.8) is 0 Å². The number of sulfonamides is 1. The molecule has 0 spiro atoms. The van der Waals surface area contributed by atoms with Gasteiger partial charge < -0.3 is 5.11 Å². The fraction of sp³-hybridized carbons (Fsp3) is 0.300. The maximum Gasteiger partial charge on any atom is 0.511 e. The average Bonchev–Trinajstić information content (AvgIpc) is 3.32. The Morgan fingerprint density at radius 1 is 1.16 bits per heavy atom. The van der Waals surface area contributed by atoms with Crippen molar-refractivity contribution in [1.29, 1.82) is 0 Å². The molecular formula is C20H19F3N4O3S. The van der Waals surface area contributed by atoms with Crippen molar-refractivity contribution >= 4 is 10.0 Å². The van der Waals surface area contributed by atoms with E-state index in [-0.39, 0.29) is 13.0 Å². The molecule has 3 aromatic rings. The van der Waals surface area contributed by atoms with Crippen LogP contribution in [0.15, 0.2) is 48.9 Å². The Balaban J connectivity index is 1.69. The summed E-state index contributed by atoms with van der Waals surface area (Å²) in [6.07, 6.45) is 5.78. The molecule has 1 atom stereocenters. The normalized spacial score (nSPS) is 16.5. The highest BCUT2D eigenvalue weighted by molar-refractivity contribution is 7.90. The van der Waals surface area contributed by atoms with Gasteiger partial charge in [-0.15, -0.1) is 0 Å². The van der Waals surface area contributed by atoms with Crippen LogP contribution in [-0.4, -0.2) is 40.4 Å². The van der Waals surface area contributed by atoms with Gasteiger partial charge in [0.25, 0.3) is 0 Å². The molecule has 0 radical (unpaired) electrons. The lowest BCUT2D eigenvalue weighted by Gasteiger charge is -2.16. The quantitative estimate of drug-likeness (QED) is 0.599. The lowest BCUT2D eigenvalue weighted by Crippen LogP contribution is -2.38. The third kappa shape index (κ3) is 4.21. The third-order valence-electron chi connectivity index (χ3n) is 5.18. The number of hydrogen-bond donors (Lipinski definition) is 2. The highest BCUT2D eigenvalue weighted by Crippen LogP contribution is 2.38. The van der Waals surface area contributed by atoms with Gasteiger partial charge in [0.2, 0.25) is 0 Å². The van der Waals surface area contributed by atoms with Crippen molar-refractivity contribution in [2.75, 3.05) is 6.61 Å². The van der Waals surface area contributed by atoms with Crippen LogP contribution in [0.5, 0.6) is 0 Å². The van der Waals surface area contributed by atoms with Crippen LogP contribution in [0.4, 0.5) is 13.2 Å². The molecule has 0 aliphatic heterocycles. The summed E-state index contributed by atoms with van der Waals surface area (Å²) < 4.78 is 64.6. The van der Waals surface area contributed by atoms with Gasteiger partial charge in [0, 0.05) is 35.8 Å². The maximum absolute atomic E-state index is 12.7. The summed E-state index contributed by atoms with van der Waals surface area (Å²) in [5.41, 5.74) is -0.930. The van der Waals surface area contributed by atoms with Crippen LogP contribution in [-0.2, 0) is 23.0 Å². The van der Waals surface area contributed by atoms with Gasteiger partial charge in [0.15, 0.2) is 0 Å². The Kier molecular flexibility index (Phi) is 5.58. The van der Waals surface area contributed by atoms with Crippen molar-refractivity contribution in [2.24, 2.45) is 0 Å². The number of fused-ring (bicyclic) bond motifs is 1. The van der Waals surface area contributed by atoms with E-state index in [0.29, 0.717) is 24.2 Å². The van der Waals surface area contributed by atoms with Crippen LogP contribution in [0.25, 0.3) is 22.4 Å². The third-order valence-corrected chi connectivity index (χ3v) is 6.38. The first kappa shape index (κ1) is 21.5. The van der Waals surface area contributed by atoms with E-state index in [0.717, 1.165) is 22.3 Å². The van der Waals surface area contributed by atoms with Gasteiger partial charge in [0.05, 0.1) is 13.2 Å². The standard InChI is InChI=1S/C20H19F3N4O3S/c21-20(22,23)31(29,30)26-18-4-2-14-11-15(1-3-16(14)18)17-12-27(9-10-28)25-19(17)13-5-7-24-8-6-13/h1,3,5-8,11-12,18,26,28H,2,4,9-10H2. The molecule has 1 aliphatic carbocycles. The summed E-state index contributed by atoms with van der Waals surface area (Å²) >= 11 is 0. The summed E-state index contributed by atoms with van der Waals surface area (Å²) in [6, 6.07) is 7.94. The van der Waals surface area contributed by atoms with Crippen molar-refractivity contribution in [3.05, 3.63) is 60.0 Å². The zero-order chi connectivity index (χ0) is 22.2. The van der Waals surface area contributed by atoms with E-state index in [1.807, 2.05) is 18.2 Å². The van der Waals surface area contributed by atoms with E-state index in [2.05, 4.69) is 10.1 Å². The SMILES string of the molecule is O=S(=O)(NC1CCc2cc(-c3cn(CCO)nc3-c3ccncc3)ccc21)C(F)(F)F. The molecule has 1 unspecified atom stereocenters. The smallest absolute Gasteiger partial charge is 0.394 e. The molecule has 7 nitrogen and oxygen atoms in total. The van der Waals surface area contributed by atoms with Crippen LogP contribution in [0.3, 0.4) is 0 Å². The van der Waals surface area contributed by atoms with Crippen LogP contribution in [0.2, 0.25) is 0 Å². The highest BCUT2D eigenvalue weighted by atomic mass is 32.2. The number of pyridine rings is 1. The van der Waals surface area contributed by atoms with E-state index < -0.39 is 21.6 Å². The van der Waals surface area contributed by atoms with Gasteiger partial charge in [-0.05, 0) is 41.7 Å². The molecule has 2 heterocycles. The van der Waals surface area contributed by atoms with E-state index in [1.54, 1.807) is 40.1 Å². The minimum Gasteiger partial charge on any atom is -0.394 e. The fourth-order valence-electron chi connectivity index (χ4n) is 3.73. The summed E-state index contributed by atoms with van der Waals surface area (Å²) in [4.78, 5) is 4.01. The number of hydrogen-bond acceptors (Lipinski definition) is 5. The molecule has 0 saturated heterocycles. The highest BCUT2D eigenvalue weighted by Gasteiger charge is 2.47. The largest absolute Gasteiger partial charge is 0.511 e. The van der Waals surface area contributed by atoms with Crippen LogP contribution in [0, 0.1) is 0 Å². The molecule has 0 amide bonds. The number of aromatic nitrogens is 3. The number of nitrogens with zero attached hydrogens (tertiary/aromatic N) is 3. The second-order valence-electron chi connectivity index (χ2n) is 7.19. The molecule has 0 saturated carbocycles. The summed E-state index contributed by atoms with van der Waals surface area (Å²) in [5, 5.41) is 13.8. The summed E-state index contributed by atoms with van der Waals surface area (Å²) in [6.45, 7) is 0.229. The number of rotatable bonds is 6. The molecule has 164 valence electrons. The van der Waals surface area contributed by atoms with E-state index in [1.165, 1.54) is 0 Å². The molecule has 31 heavy (non-hydrogen) atoms. The minimum atomic E-state index is -5.42. The Morgan fingerprint density at radius 3 is 2.58 bits per heavy atom. The second-order valence-corrected chi connectivity index (χ2v) is 8.89. The number of benzene rings is 1. The molecule has 2 N–H and O–H groups in total. The van der Waals surface area contributed by atoms with Crippen LogP contribution in [0.1, 0.15) is 23.6 Å². The Hall–Kier alpha value is -2.76. The summed E-state index contributed by atoms with van der Waals surface area (Å²) in [7, 11) is -5.42. The number of aliphatic hydroxyl groups excluding tert-OH is 1. The lowest BCUT2D eigenvalue weighted by atomic mass is 9.98. The second kappa shape index (κ2) is 8.06. The molecule has 4 rings (SSSR count). The van der Waals surface area contributed by atoms with Crippen molar-refractivity contribution < 1.29 is 26.7 Å². The first-order valence-electron chi connectivity index (χ1n) is 9.50. The van der Waals surface area contributed by atoms with Crippen molar-refractivity contribution in [3.8, 4) is 22.4 Å². The maximum atomic E-state index is 12.7. The van der Waals surface area contributed by atoms with Crippen molar-refractivity contribution in [1.82, 2.24) is 19.5 Å². The van der Waals surface area contributed by atoms with Gasteiger partial charge in [-0.3, -0.25) is 9.67 Å². The van der Waals surface area contributed by atoms with E-state index in [4.69, 9.17) is 0 Å². The number of aliphatic hydroxyl groups is 1. The number of halogens is 3. The molecule has 0 bridgehead atoms. The topological polar surface area (TPSA) is 97.1 Å². The van der Waals surface area contributed by atoms with Gasteiger partial charge in [-0.2, -0.15) is 23.0 Å². The molecule has 1 aliphatic rings. The first-order valence-corrected chi connectivity index (χ1v) is 11.0. The van der Waals surface area contributed by atoms with Crippen LogP contribution < -0.4 is 4.72 Å². The van der Waals surface area contributed by atoms with Crippen molar-refractivity contribution in [2.45, 2.75) is 30.9 Å². The van der Waals surface area contributed by atoms with Gasteiger partial charge in [-0.1, -0.05) is 18.2 Å². The minimum absolute atomic E-state index is 0.0812. The van der Waals surface area contributed by atoms with Crippen LogP contribution >= 0.6 is 0 Å². The number of aryl methyl sites for hydroxylation is 1. The van der Waals surface area contributed by atoms with Gasteiger partial charge in [0.1, 0.15) is 5.69 Å². The Bertz CT molecular complexity index is 1190. The monoisotopic (exact) mass is 452 g/mol. The average molecular weight is 452 g/mol. The van der Waals surface area contributed by atoms with E-state index >= 15 is 0 Å². The summed E-state index contributed by atoms with van der Waals surface area (Å²) in [5.74, 6) is 0. The lowest BCUT2D eigenvalue weighted by molar-refractivity contribution is -0.0451. The fourth-order valence-corrected chi connectivity index (χ4v) is 4.49. The molecule has 0 fully saturated rings. The number of alkyl halides is 3. The molecule has 1 aromatic carbocycles. The zero-order valence-corrected chi connectivity index (χ0v) is 17.0. The first-order chi connectivity index (χ1) is 14.7. The Morgan fingerprint density at radius 2 is 1.90 bits per heavy atom. The predicted octanol–water partition coefficient (Wildman–Crippen LogP) is 3.03. The molecule has 2 aromatic heterocycles. The van der Waals surface area contributed by atoms with E-state index in [9.17, 15) is 26.7 Å². The number of nitrogens with one attached hydrogen (secondary N) is 1. The molecule has 11 heteroatoms.